The van der Waals surface area contributed by atoms with Gasteiger partial charge in [0, 0.05) is 10.5 Å². The number of nitrogen functional groups attached to an aromatic ring is 1. The summed E-state index contributed by atoms with van der Waals surface area (Å²) in [4.78, 5) is 15.7. The summed E-state index contributed by atoms with van der Waals surface area (Å²) in [5.41, 5.74) is 5.98. The minimum absolute atomic E-state index is 0.0228. The zero-order valence-corrected chi connectivity index (χ0v) is 13.6. The monoisotopic (exact) mass is 403 g/mol. The number of methoxy groups -OCH3 is 1. The molecule has 2 rings (SSSR count). The maximum atomic E-state index is 11.9. The molecule has 0 atom stereocenters. The Kier molecular flexibility index (Phi) is 4.61. The molecule has 9 heteroatoms. The summed E-state index contributed by atoms with van der Waals surface area (Å²) in [5, 5.41) is 6.59. The number of benzene rings is 1. The standard InChI is InChI=1S/C11H11Br2N5O2/c1-20-9-3-8(6(12)2-7(9)13)16-10(19)4-18-5-15-11(14)17-18/h2-3,5H,4H2,1H3,(H2,14,17)(H,16,19). The van der Waals surface area contributed by atoms with Gasteiger partial charge in [-0.1, -0.05) is 0 Å². The molecule has 106 valence electrons. The van der Waals surface area contributed by atoms with E-state index >= 15 is 0 Å². The lowest BCUT2D eigenvalue weighted by Gasteiger charge is -2.11. The van der Waals surface area contributed by atoms with Gasteiger partial charge in [0.15, 0.2) is 0 Å². The van der Waals surface area contributed by atoms with Gasteiger partial charge in [0.05, 0.1) is 17.3 Å². The third-order valence-electron chi connectivity index (χ3n) is 2.38. The van der Waals surface area contributed by atoms with E-state index in [1.807, 2.05) is 0 Å². The Morgan fingerprint density at radius 2 is 2.20 bits per heavy atom. The fourth-order valence-corrected chi connectivity index (χ4v) is 2.76. The number of hydrogen-bond donors (Lipinski definition) is 2. The molecule has 7 nitrogen and oxygen atoms in total. The second-order valence-electron chi connectivity index (χ2n) is 3.82. The zero-order chi connectivity index (χ0) is 14.7. The largest absolute Gasteiger partial charge is 0.495 e. The number of anilines is 2. The number of nitrogens with one attached hydrogen (secondary N) is 1. The van der Waals surface area contributed by atoms with Crippen LogP contribution in [0.1, 0.15) is 0 Å². The van der Waals surface area contributed by atoms with Crippen LogP contribution >= 0.6 is 31.9 Å². The van der Waals surface area contributed by atoms with E-state index in [2.05, 4.69) is 47.3 Å². The fraction of sp³-hybridized carbons (Fsp3) is 0.182. The molecule has 20 heavy (non-hydrogen) atoms. The average Bonchev–Trinajstić information content (AvgIpc) is 2.78. The van der Waals surface area contributed by atoms with Crippen molar-refractivity contribution in [3.8, 4) is 5.75 Å². The van der Waals surface area contributed by atoms with Gasteiger partial charge < -0.3 is 15.8 Å². The summed E-state index contributed by atoms with van der Waals surface area (Å²) in [7, 11) is 1.55. The molecule has 1 aromatic heterocycles. The van der Waals surface area contributed by atoms with Gasteiger partial charge in [-0.15, -0.1) is 5.10 Å². The van der Waals surface area contributed by atoms with Gasteiger partial charge in [-0.2, -0.15) is 0 Å². The van der Waals surface area contributed by atoms with E-state index in [4.69, 9.17) is 10.5 Å². The van der Waals surface area contributed by atoms with Gasteiger partial charge in [0.25, 0.3) is 0 Å². The van der Waals surface area contributed by atoms with E-state index in [1.165, 1.54) is 11.0 Å². The topological polar surface area (TPSA) is 95.1 Å². The van der Waals surface area contributed by atoms with Crippen molar-refractivity contribution >= 4 is 49.4 Å². The van der Waals surface area contributed by atoms with Crippen molar-refractivity contribution in [2.75, 3.05) is 18.2 Å². The molecule has 3 N–H and O–H groups in total. The Hall–Kier alpha value is -1.61. The molecule has 0 aliphatic rings. The van der Waals surface area contributed by atoms with Crippen LogP contribution in [0.25, 0.3) is 0 Å². The molecule has 2 aromatic rings. The second kappa shape index (κ2) is 6.23. The van der Waals surface area contributed by atoms with E-state index in [0.29, 0.717) is 11.4 Å². The first-order chi connectivity index (χ1) is 9.49. The lowest BCUT2D eigenvalue weighted by Crippen LogP contribution is -2.19. The Morgan fingerprint density at radius 1 is 1.45 bits per heavy atom. The number of nitrogens with two attached hydrogens (primary N) is 1. The highest BCUT2D eigenvalue weighted by atomic mass is 79.9. The lowest BCUT2D eigenvalue weighted by atomic mass is 10.3. The minimum Gasteiger partial charge on any atom is -0.495 e. The number of nitrogens with zero attached hydrogens (tertiary/aromatic N) is 3. The van der Waals surface area contributed by atoms with Crippen LogP contribution in [0.4, 0.5) is 11.6 Å². The van der Waals surface area contributed by atoms with E-state index in [-0.39, 0.29) is 18.4 Å². The molecule has 0 aliphatic carbocycles. The third-order valence-corrected chi connectivity index (χ3v) is 3.65. The number of carbonyl (C=O) groups excluding carboxylic acids is 1. The van der Waals surface area contributed by atoms with Gasteiger partial charge in [-0.25, -0.2) is 9.67 Å². The normalized spacial score (nSPS) is 10.3. The number of hydrogen-bond acceptors (Lipinski definition) is 5. The Bertz CT molecular complexity index is 644. The molecule has 1 amide bonds. The smallest absolute Gasteiger partial charge is 0.246 e. The Morgan fingerprint density at radius 3 is 2.80 bits per heavy atom. The first kappa shape index (κ1) is 14.8. The van der Waals surface area contributed by atoms with E-state index in [9.17, 15) is 4.79 Å². The van der Waals surface area contributed by atoms with Crippen LogP contribution in [0.15, 0.2) is 27.4 Å². The number of halogens is 2. The molecule has 0 bridgehead atoms. The number of carbonyl (C=O) groups is 1. The average molecular weight is 405 g/mol. The van der Waals surface area contributed by atoms with Crippen molar-refractivity contribution in [2.24, 2.45) is 0 Å². The summed E-state index contributed by atoms with van der Waals surface area (Å²) in [6.45, 7) is 0.0228. The third kappa shape index (κ3) is 3.48. The maximum Gasteiger partial charge on any atom is 0.246 e. The fourth-order valence-electron chi connectivity index (χ4n) is 1.50. The quantitative estimate of drug-likeness (QED) is 0.812. The highest BCUT2D eigenvalue weighted by Gasteiger charge is 2.11. The number of ether oxygens (including phenoxy) is 1. The van der Waals surface area contributed by atoms with E-state index in [0.717, 1.165) is 8.95 Å². The van der Waals surface area contributed by atoms with Crippen molar-refractivity contribution in [1.82, 2.24) is 14.8 Å². The highest BCUT2D eigenvalue weighted by Crippen LogP contribution is 2.34. The molecule has 0 saturated carbocycles. The van der Waals surface area contributed by atoms with Crippen LogP contribution in [0.5, 0.6) is 5.75 Å². The predicted molar refractivity (Wildman–Crippen MR) is 81.5 cm³/mol. The molecule has 0 fully saturated rings. The molecule has 0 saturated heterocycles. The Labute approximate surface area is 131 Å². The van der Waals surface area contributed by atoms with Gasteiger partial charge in [-0.05, 0) is 37.9 Å². The van der Waals surface area contributed by atoms with E-state index in [1.54, 1.807) is 19.2 Å². The highest BCUT2D eigenvalue weighted by molar-refractivity contribution is 9.11. The molecular weight excluding hydrogens is 394 g/mol. The zero-order valence-electron chi connectivity index (χ0n) is 10.4. The van der Waals surface area contributed by atoms with Crippen molar-refractivity contribution in [2.45, 2.75) is 6.54 Å². The van der Waals surface area contributed by atoms with Crippen molar-refractivity contribution in [3.63, 3.8) is 0 Å². The van der Waals surface area contributed by atoms with Gasteiger partial charge in [-0.3, -0.25) is 4.79 Å². The number of rotatable bonds is 4. The lowest BCUT2D eigenvalue weighted by molar-refractivity contribution is -0.116. The number of aromatic nitrogens is 3. The molecule has 0 unspecified atom stereocenters. The number of amides is 1. The van der Waals surface area contributed by atoms with Gasteiger partial charge in [0.2, 0.25) is 11.9 Å². The molecule has 0 radical (unpaired) electrons. The predicted octanol–water partition coefficient (Wildman–Crippen LogP) is 2.03. The van der Waals surface area contributed by atoms with Gasteiger partial charge >= 0.3 is 0 Å². The Balaban J connectivity index is 2.11. The van der Waals surface area contributed by atoms with Crippen LogP contribution in [0.2, 0.25) is 0 Å². The molecular formula is C11H11Br2N5O2. The summed E-state index contributed by atoms with van der Waals surface area (Å²) in [6, 6.07) is 3.50. The van der Waals surface area contributed by atoms with Crippen molar-refractivity contribution in [3.05, 3.63) is 27.4 Å². The molecule has 0 aliphatic heterocycles. The molecule has 0 spiro atoms. The van der Waals surface area contributed by atoms with Crippen LogP contribution in [-0.2, 0) is 11.3 Å². The second-order valence-corrected chi connectivity index (χ2v) is 5.52. The van der Waals surface area contributed by atoms with Crippen LogP contribution in [0.3, 0.4) is 0 Å². The summed E-state index contributed by atoms with van der Waals surface area (Å²) in [5.74, 6) is 0.498. The maximum absolute atomic E-state index is 11.9. The van der Waals surface area contributed by atoms with Gasteiger partial charge in [0.1, 0.15) is 18.6 Å². The molecule has 1 aromatic carbocycles. The summed E-state index contributed by atoms with van der Waals surface area (Å²) in [6.07, 6.45) is 1.39. The SMILES string of the molecule is COc1cc(NC(=O)Cn2cnc(N)n2)c(Br)cc1Br. The first-order valence-corrected chi connectivity index (χ1v) is 7.06. The summed E-state index contributed by atoms with van der Waals surface area (Å²) >= 11 is 6.73. The van der Waals surface area contributed by atoms with Crippen LogP contribution in [-0.4, -0.2) is 27.8 Å². The van der Waals surface area contributed by atoms with Crippen LogP contribution < -0.4 is 15.8 Å². The minimum atomic E-state index is -0.250. The van der Waals surface area contributed by atoms with Crippen molar-refractivity contribution < 1.29 is 9.53 Å². The molecule has 1 heterocycles. The van der Waals surface area contributed by atoms with Crippen molar-refractivity contribution in [1.29, 1.82) is 0 Å². The van der Waals surface area contributed by atoms with Crippen LogP contribution in [0, 0.1) is 0 Å². The first-order valence-electron chi connectivity index (χ1n) is 5.47. The summed E-state index contributed by atoms with van der Waals surface area (Å²) < 4.78 is 8.06. The van der Waals surface area contributed by atoms with E-state index < -0.39 is 0 Å².